The van der Waals surface area contributed by atoms with Crippen molar-refractivity contribution in [3.8, 4) is 0 Å². The Kier molecular flexibility index (Phi) is 7.77. The maximum Gasteiger partial charge on any atom is 0.329 e. The molecule has 0 saturated heterocycles. The highest BCUT2D eigenvalue weighted by atomic mass is 35.5. The Labute approximate surface area is 196 Å². The van der Waals surface area contributed by atoms with E-state index in [4.69, 9.17) is 11.6 Å². The monoisotopic (exact) mass is 463 g/mol. The topological polar surface area (TPSA) is 103 Å². The lowest BCUT2D eigenvalue weighted by Gasteiger charge is -2.11. The van der Waals surface area contributed by atoms with Crippen LogP contribution in [0.25, 0.3) is 0 Å². The molecule has 3 aromatic rings. The number of hydrogen-bond donors (Lipinski definition) is 3. The Morgan fingerprint density at radius 3 is 2.18 bits per heavy atom. The number of benzene rings is 3. The molecule has 3 N–H and O–H groups in total. The van der Waals surface area contributed by atoms with E-state index in [1.54, 1.807) is 36.4 Å². The average Bonchev–Trinajstić information content (AvgIpc) is 2.81. The third-order valence-electron chi connectivity index (χ3n) is 4.52. The standard InChI is InChI=1S/C24H22ClN5O3/c1-30(2)19-13-7-16(8-14-19)15-26-29-24(33)23(32)28-21-6-4-3-5-20(21)22(31)27-18-11-9-17(25)10-12-18/h3-15H,1-2H3,(H,27,31)(H,28,32)(H,29,33)/b26-15-. The molecule has 0 aliphatic rings. The summed E-state index contributed by atoms with van der Waals surface area (Å²) in [6, 6.07) is 20.4. The van der Waals surface area contributed by atoms with Crippen molar-refractivity contribution in [2.45, 2.75) is 0 Å². The van der Waals surface area contributed by atoms with Crippen LogP contribution < -0.4 is 21.0 Å². The molecular weight excluding hydrogens is 442 g/mol. The first-order chi connectivity index (χ1) is 15.8. The van der Waals surface area contributed by atoms with Gasteiger partial charge in [-0.2, -0.15) is 5.10 Å². The van der Waals surface area contributed by atoms with E-state index in [0.29, 0.717) is 10.7 Å². The largest absolute Gasteiger partial charge is 0.378 e. The van der Waals surface area contributed by atoms with Gasteiger partial charge in [-0.15, -0.1) is 0 Å². The minimum Gasteiger partial charge on any atom is -0.378 e. The first-order valence-electron chi connectivity index (χ1n) is 9.91. The van der Waals surface area contributed by atoms with Crippen molar-refractivity contribution in [1.29, 1.82) is 0 Å². The smallest absolute Gasteiger partial charge is 0.329 e. The van der Waals surface area contributed by atoms with Gasteiger partial charge in [0.2, 0.25) is 0 Å². The number of carbonyl (C=O) groups is 3. The SMILES string of the molecule is CN(C)c1ccc(/C=N\NC(=O)C(=O)Nc2ccccc2C(=O)Nc2ccc(Cl)cc2)cc1. The van der Waals surface area contributed by atoms with Crippen LogP contribution in [0.2, 0.25) is 5.02 Å². The first kappa shape index (κ1) is 23.5. The molecule has 3 rings (SSSR count). The number of anilines is 3. The van der Waals surface area contributed by atoms with Gasteiger partial charge in [-0.1, -0.05) is 35.9 Å². The van der Waals surface area contributed by atoms with Crippen LogP contribution in [0.15, 0.2) is 77.9 Å². The molecule has 33 heavy (non-hydrogen) atoms. The van der Waals surface area contributed by atoms with E-state index in [1.807, 2.05) is 43.3 Å². The molecule has 0 radical (unpaired) electrons. The highest BCUT2D eigenvalue weighted by Gasteiger charge is 2.17. The Balaban J connectivity index is 1.60. The van der Waals surface area contributed by atoms with Crippen LogP contribution in [0.1, 0.15) is 15.9 Å². The van der Waals surface area contributed by atoms with Gasteiger partial charge in [-0.3, -0.25) is 14.4 Å². The molecule has 0 saturated carbocycles. The van der Waals surface area contributed by atoms with E-state index >= 15 is 0 Å². The molecule has 9 heteroatoms. The van der Waals surface area contributed by atoms with Gasteiger partial charge in [-0.05, 0) is 54.1 Å². The van der Waals surface area contributed by atoms with Gasteiger partial charge in [-0.25, -0.2) is 5.43 Å². The van der Waals surface area contributed by atoms with E-state index in [9.17, 15) is 14.4 Å². The first-order valence-corrected chi connectivity index (χ1v) is 10.3. The maximum atomic E-state index is 12.6. The summed E-state index contributed by atoms with van der Waals surface area (Å²) in [5, 5.41) is 9.51. The molecule has 0 bridgehead atoms. The molecule has 0 atom stereocenters. The molecule has 0 aliphatic carbocycles. The summed E-state index contributed by atoms with van der Waals surface area (Å²) < 4.78 is 0. The summed E-state index contributed by atoms with van der Waals surface area (Å²) in [5.74, 6) is -2.38. The van der Waals surface area contributed by atoms with Gasteiger partial charge in [0.15, 0.2) is 0 Å². The third-order valence-corrected chi connectivity index (χ3v) is 4.77. The highest BCUT2D eigenvalue weighted by molar-refractivity contribution is 6.40. The van der Waals surface area contributed by atoms with Crippen LogP contribution in [0.3, 0.4) is 0 Å². The zero-order valence-corrected chi connectivity index (χ0v) is 18.8. The van der Waals surface area contributed by atoms with E-state index in [2.05, 4.69) is 21.2 Å². The number of hydrogen-bond acceptors (Lipinski definition) is 5. The number of nitrogens with one attached hydrogen (secondary N) is 3. The fraction of sp³-hybridized carbons (Fsp3) is 0.0833. The van der Waals surface area contributed by atoms with Crippen LogP contribution >= 0.6 is 11.6 Å². The maximum absolute atomic E-state index is 12.6. The van der Waals surface area contributed by atoms with Gasteiger partial charge in [0.25, 0.3) is 5.91 Å². The van der Waals surface area contributed by atoms with Crippen molar-refractivity contribution in [1.82, 2.24) is 5.43 Å². The lowest BCUT2D eigenvalue weighted by molar-refractivity contribution is -0.136. The molecule has 0 aliphatic heterocycles. The molecular formula is C24H22ClN5O3. The van der Waals surface area contributed by atoms with Crippen LogP contribution in [0.4, 0.5) is 17.1 Å². The highest BCUT2D eigenvalue weighted by Crippen LogP contribution is 2.19. The Morgan fingerprint density at radius 1 is 0.848 bits per heavy atom. The van der Waals surface area contributed by atoms with Crippen molar-refractivity contribution in [2.75, 3.05) is 29.6 Å². The van der Waals surface area contributed by atoms with Crippen molar-refractivity contribution in [3.63, 3.8) is 0 Å². The Bertz CT molecular complexity index is 1180. The van der Waals surface area contributed by atoms with E-state index in [0.717, 1.165) is 11.3 Å². The summed E-state index contributed by atoms with van der Waals surface area (Å²) in [5.41, 5.74) is 4.87. The Morgan fingerprint density at radius 2 is 1.52 bits per heavy atom. The van der Waals surface area contributed by atoms with Gasteiger partial charge < -0.3 is 15.5 Å². The van der Waals surface area contributed by atoms with Gasteiger partial charge in [0.05, 0.1) is 17.5 Å². The van der Waals surface area contributed by atoms with Crippen molar-refractivity contribution in [3.05, 3.63) is 88.9 Å². The fourth-order valence-electron chi connectivity index (χ4n) is 2.78. The predicted octanol–water partition coefficient (Wildman–Crippen LogP) is 3.75. The zero-order chi connectivity index (χ0) is 23.8. The van der Waals surface area contributed by atoms with Crippen LogP contribution in [-0.2, 0) is 9.59 Å². The number of halogens is 1. The predicted molar refractivity (Wildman–Crippen MR) is 131 cm³/mol. The third kappa shape index (κ3) is 6.65. The number of para-hydroxylation sites is 1. The number of amides is 3. The second-order valence-electron chi connectivity index (χ2n) is 7.15. The lowest BCUT2D eigenvalue weighted by atomic mass is 10.1. The normalized spacial score (nSPS) is 10.5. The number of carbonyl (C=O) groups excluding carboxylic acids is 3. The van der Waals surface area contributed by atoms with Crippen LogP contribution in [0, 0.1) is 0 Å². The molecule has 0 unspecified atom stereocenters. The summed E-state index contributed by atoms with van der Waals surface area (Å²) in [6.07, 6.45) is 1.43. The number of hydrazone groups is 1. The van der Waals surface area contributed by atoms with E-state index in [1.165, 1.54) is 18.3 Å². The van der Waals surface area contributed by atoms with Gasteiger partial charge >= 0.3 is 11.8 Å². The summed E-state index contributed by atoms with van der Waals surface area (Å²) >= 11 is 5.86. The minimum atomic E-state index is -0.968. The van der Waals surface area contributed by atoms with E-state index < -0.39 is 17.7 Å². The quantitative estimate of drug-likeness (QED) is 0.294. The van der Waals surface area contributed by atoms with Gasteiger partial charge in [0, 0.05) is 30.5 Å². The summed E-state index contributed by atoms with van der Waals surface area (Å²) in [6.45, 7) is 0. The van der Waals surface area contributed by atoms with Gasteiger partial charge in [0.1, 0.15) is 0 Å². The number of rotatable bonds is 6. The van der Waals surface area contributed by atoms with Crippen LogP contribution in [-0.4, -0.2) is 38.0 Å². The molecule has 8 nitrogen and oxygen atoms in total. The van der Waals surface area contributed by atoms with Crippen LogP contribution in [0.5, 0.6) is 0 Å². The minimum absolute atomic E-state index is 0.187. The second-order valence-corrected chi connectivity index (χ2v) is 7.58. The van der Waals surface area contributed by atoms with Crippen molar-refractivity contribution < 1.29 is 14.4 Å². The molecule has 0 spiro atoms. The molecule has 0 aromatic heterocycles. The lowest BCUT2D eigenvalue weighted by Crippen LogP contribution is -2.33. The number of nitrogens with zero attached hydrogens (tertiary/aromatic N) is 2. The van der Waals surface area contributed by atoms with Crippen molar-refractivity contribution in [2.24, 2.45) is 5.10 Å². The summed E-state index contributed by atoms with van der Waals surface area (Å²) in [4.78, 5) is 39.0. The molecule has 3 aromatic carbocycles. The molecule has 168 valence electrons. The average molecular weight is 464 g/mol. The molecule has 0 fully saturated rings. The fourth-order valence-corrected chi connectivity index (χ4v) is 2.90. The molecule has 3 amide bonds. The Hall–Kier alpha value is -4.17. The van der Waals surface area contributed by atoms with Crippen molar-refractivity contribution >= 4 is 52.6 Å². The zero-order valence-electron chi connectivity index (χ0n) is 18.0. The molecule has 0 heterocycles. The second kappa shape index (κ2) is 10.9. The van der Waals surface area contributed by atoms with E-state index in [-0.39, 0.29) is 11.3 Å². The summed E-state index contributed by atoms with van der Waals surface area (Å²) in [7, 11) is 3.86.